The van der Waals surface area contributed by atoms with Crippen LogP contribution < -0.4 is 0 Å². The zero-order valence-corrected chi connectivity index (χ0v) is 10.1. The molecule has 0 radical (unpaired) electrons. The third-order valence-electron chi connectivity index (χ3n) is 3.23. The van der Waals surface area contributed by atoms with Gasteiger partial charge in [0.15, 0.2) is 0 Å². The smallest absolute Gasteiger partial charge is 0.246 e. The summed E-state index contributed by atoms with van der Waals surface area (Å²) >= 11 is 0. The molecule has 2 aliphatic rings. The van der Waals surface area contributed by atoms with E-state index in [9.17, 15) is 4.79 Å². The summed E-state index contributed by atoms with van der Waals surface area (Å²) in [5.41, 5.74) is 0. The van der Waals surface area contributed by atoms with E-state index in [2.05, 4.69) is 0 Å². The number of carbonyl (C=O) groups is 1. The zero-order valence-electron chi connectivity index (χ0n) is 10.1. The molecule has 0 aromatic rings. The normalized spacial score (nSPS) is 29.3. The molecule has 2 rings (SSSR count). The summed E-state index contributed by atoms with van der Waals surface area (Å²) in [4.78, 5) is 15.8. The molecule has 4 heteroatoms. The fourth-order valence-electron chi connectivity index (χ4n) is 2.19. The lowest BCUT2D eigenvalue weighted by atomic mass is 9.91. The van der Waals surface area contributed by atoms with Gasteiger partial charge in [0.05, 0.1) is 12.7 Å². The standard InChI is InChI=1S/C12H20N2O2/c1-13(2)6-3-4-12(15)14-7-5-11-10(8-14)9-16-11/h3-4,10-11H,5-9H2,1-2H3/t10-,11-/m0/s1. The van der Waals surface area contributed by atoms with Crippen molar-refractivity contribution in [2.24, 2.45) is 5.92 Å². The predicted molar refractivity (Wildman–Crippen MR) is 62.1 cm³/mol. The zero-order chi connectivity index (χ0) is 11.5. The molecular formula is C12H20N2O2. The van der Waals surface area contributed by atoms with Gasteiger partial charge in [0, 0.05) is 31.6 Å². The highest BCUT2D eigenvalue weighted by Crippen LogP contribution is 2.28. The fourth-order valence-corrected chi connectivity index (χ4v) is 2.19. The second kappa shape index (κ2) is 4.97. The van der Waals surface area contributed by atoms with Gasteiger partial charge in [0.25, 0.3) is 0 Å². The van der Waals surface area contributed by atoms with Gasteiger partial charge >= 0.3 is 0 Å². The number of hydrogen-bond acceptors (Lipinski definition) is 3. The van der Waals surface area contributed by atoms with Crippen molar-refractivity contribution in [2.45, 2.75) is 12.5 Å². The molecular weight excluding hydrogens is 204 g/mol. The Morgan fingerprint density at radius 1 is 1.56 bits per heavy atom. The molecule has 2 saturated heterocycles. The minimum Gasteiger partial charge on any atom is -0.377 e. The van der Waals surface area contributed by atoms with Gasteiger partial charge in [-0.05, 0) is 20.5 Å². The van der Waals surface area contributed by atoms with E-state index in [-0.39, 0.29) is 5.91 Å². The second-order valence-corrected chi connectivity index (χ2v) is 4.87. The molecule has 0 saturated carbocycles. The van der Waals surface area contributed by atoms with Crippen LogP contribution in [0.25, 0.3) is 0 Å². The van der Waals surface area contributed by atoms with Crippen LogP contribution >= 0.6 is 0 Å². The Morgan fingerprint density at radius 3 is 2.94 bits per heavy atom. The van der Waals surface area contributed by atoms with Crippen molar-refractivity contribution in [3.63, 3.8) is 0 Å². The van der Waals surface area contributed by atoms with Crippen molar-refractivity contribution in [3.05, 3.63) is 12.2 Å². The molecule has 2 fully saturated rings. The topological polar surface area (TPSA) is 32.8 Å². The van der Waals surface area contributed by atoms with Crippen LogP contribution in [0.4, 0.5) is 0 Å². The largest absolute Gasteiger partial charge is 0.377 e. The molecule has 16 heavy (non-hydrogen) atoms. The van der Waals surface area contributed by atoms with E-state index >= 15 is 0 Å². The maximum absolute atomic E-state index is 11.8. The number of rotatable bonds is 3. The highest BCUT2D eigenvalue weighted by atomic mass is 16.5. The number of nitrogens with zero attached hydrogens (tertiary/aromatic N) is 2. The minimum absolute atomic E-state index is 0.146. The first-order valence-electron chi connectivity index (χ1n) is 5.88. The molecule has 0 N–H and O–H groups in total. The lowest BCUT2D eigenvalue weighted by Gasteiger charge is -2.44. The Balaban J connectivity index is 1.78. The summed E-state index contributed by atoms with van der Waals surface area (Å²) < 4.78 is 5.41. The molecule has 0 unspecified atom stereocenters. The molecule has 0 bridgehead atoms. The second-order valence-electron chi connectivity index (χ2n) is 4.87. The highest BCUT2D eigenvalue weighted by Gasteiger charge is 2.38. The Kier molecular flexibility index (Phi) is 3.61. The van der Waals surface area contributed by atoms with Crippen LogP contribution in [0.15, 0.2) is 12.2 Å². The molecule has 90 valence electrons. The number of likely N-dealkylation sites (tertiary alicyclic amines) is 1. The van der Waals surface area contributed by atoms with E-state index in [0.29, 0.717) is 12.0 Å². The average molecular weight is 224 g/mol. The van der Waals surface area contributed by atoms with Gasteiger partial charge in [-0.15, -0.1) is 0 Å². The highest BCUT2D eigenvalue weighted by molar-refractivity contribution is 5.87. The third-order valence-corrected chi connectivity index (χ3v) is 3.23. The lowest BCUT2D eigenvalue weighted by Crippen LogP contribution is -2.54. The van der Waals surface area contributed by atoms with Crippen LogP contribution in [0.5, 0.6) is 0 Å². The van der Waals surface area contributed by atoms with Gasteiger partial charge in [0.1, 0.15) is 0 Å². The van der Waals surface area contributed by atoms with Crippen molar-refractivity contribution in [1.29, 1.82) is 0 Å². The van der Waals surface area contributed by atoms with Crippen LogP contribution in [0.2, 0.25) is 0 Å². The molecule has 0 aromatic heterocycles. The average Bonchev–Trinajstić information content (AvgIpc) is 2.19. The van der Waals surface area contributed by atoms with Crippen molar-refractivity contribution >= 4 is 5.91 Å². The molecule has 2 atom stereocenters. The lowest BCUT2D eigenvalue weighted by molar-refractivity contribution is -0.159. The van der Waals surface area contributed by atoms with Gasteiger partial charge in [-0.1, -0.05) is 6.08 Å². The number of hydrogen-bond donors (Lipinski definition) is 0. The van der Waals surface area contributed by atoms with E-state index < -0.39 is 0 Å². The Bertz CT molecular complexity index is 289. The van der Waals surface area contributed by atoms with Crippen LogP contribution in [-0.4, -0.2) is 62.1 Å². The van der Waals surface area contributed by atoms with Gasteiger partial charge in [-0.25, -0.2) is 0 Å². The van der Waals surface area contributed by atoms with E-state index in [1.807, 2.05) is 30.0 Å². The first-order chi connectivity index (χ1) is 7.66. The maximum Gasteiger partial charge on any atom is 0.246 e. The monoisotopic (exact) mass is 224 g/mol. The summed E-state index contributed by atoms with van der Waals surface area (Å²) in [6.07, 6.45) is 5.04. The summed E-state index contributed by atoms with van der Waals surface area (Å²) in [7, 11) is 3.98. The van der Waals surface area contributed by atoms with Gasteiger partial charge in [0.2, 0.25) is 5.91 Å². The van der Waals surface area contributed by atoms with Gasteiger partial charge in [-0.2, -0.15) is 0 Å². The Labute approximate surface area is 96.8 Å². The first kappa shape index (κ1) is 11.6. The molecule has 0 aromatic carbocycles. The van der Waals surface area contributed by atoms with Gasteiger partial charge in [-0.3, -0.25) is 4.79 Å². The number of likely N-dealkylation sites (N-methyl/N-ethyl adjacent to an activating group) is 1. The van der Waals surface area contributed by atoms with Crippen molar-refractivity contribution < 1.29 is 9.53 Å². The minimum atomic E-state index is 0.146. The van der Waals surface area contributed by atoms with E-state index in [1.165, 1.54) is 0 Å². The van der Waals surface area contributed by atoms with Crippen LogP contribution in [-0.2, 0) is 9.53 Å². The fraction of sp³-hybridized carbons (Fsp3) is 0.750. The SMILES string of the molecule is CN(C)CC=CC(=O)N1CC[C@@H]2OC[C@@H]2C1. The summed E-state index contributed by atoms with van der Waals surface area (Å²) in [5.74, 6) is 0.729. The molecule has 2 aliphatic heterocycles. The maximum atomic E-state index is 11.8. The molecule has 0 spiro atoms. The molecule has 1 amide bonds. The van der Waals surface area contributed by atoms with E-state index in [0.717, 1.165) is 32.7 Å². The number of carbonyl (C=O) groups excluding carboxylic acids is 1. The summed E-state index contributed by atoms with van der Waals surface area (Å²) in [6.45, 7) is 3.35. The summed E-state index contributed by atoms with van der Waals surface area (Å²) in [5, 5.41) is 0. The number of ether oxygens (including phenoxy) is 1. The van der Waals surface area contributed by atoms with Crippen LogP contribution in [0, 0.1) is 5.92 Å². The molecule has 4 nitrogen and oxygen atoms in total. The predicted octanol–water partition coefficient (Wildman–Crippen LogP) is 0.352. The van der Waals surface area contributed by atoms with Crippen molar-refractivity contribution in [2.75, 3.05) is 40.3 Å². The molecule has 2 heterocycles. The number of piperidine rings is 1. The van der Waals surface area contributed by atoms with E-state index in [4.69, 9.17) is 4.74 Å². The van der Waals surface area contributed by atoms with Crippen molar-refractivity contribution in [1.82, 2.24) is 9.80 Å². The van der Waals surface area contributed by atoms with Crippen molar-refractivity contribution in [3.8, 4) is 0 Å². The summed E-state index contributed by atoms with van der Waals surface area (Å²) in [6, 6.07) is 0. The Morgan fingerprint density at radius 2 is 2.38 bits per heavy atom. The third kappa shape index (κ3) is 2.62. The van der Waals surface area contributed by atoms with Crippen LogP contribution in [0.3, 0.4) is 0 Å². The number of amides is 1. The number of fused-ring (bicyclic) bond motifs is 1. The van der Waals surface area contributed by atoms with Gasteiger partial charge < -0.3 is 14.5 Å². The first-order valence-corrected chi connectivity index (χ1v) is 5.88. The van der Waals surface area contributed by atoms with E-state index in [1.54, 1.807) is 6.08 Å². The molecule has 0 aliphatic carbocycles. The quantitative estimate of drug-likeness (QED) is 0.649. The Hall–Kier alpha value is -0.870. The van der Waals surface area contributed by atoms with Crippen LogP contribution in [0.1, 0.15) is 6.42 Å².